The summed E-state index contributed by atoms with van der Waals surface area (Å²) in [5.74, 6) is -2.73. The highest BCUT2D eigenvalue weighted by atomic mass is 19.3. The third-order valence-corrected chi connectivity index (χ3v) is 4.02. The molecule has 92 valence electrons. The van der Waals surface area contributed by atoms with Gasteiger partial charge in [0.15, 0.2) is 0 Å². The lowest BCUT2D eigenvalue weighted by Crippen LogP contribution is -2.45. The molecule has 2 N–H and O–H groups in total. The molecule has 3 nitrogen and oxygen atoms in total. The Kier molecular flexibility index (Phi) is 2.49. The van der Waals surface area contributed by atoms with Gasteiger partial charge in [-0.25, -0.2) is 8.78 Å². The van der Waals surface area contributed by atoms with Crippen molar-refractivity contribution in [1.82, 2.24) is 5.32 Å². The first-order valence-electron chi connectivity index (χ1n) is 5.63. The van der Waals surface area contributed by atoms with Crippen molar-refractivity contribution in [3.8, 4) is 0 Å². The zero-order valence-corrected chi connectivity index (χ0v) is 9.35. The monoisotopic (exact) mass is 233 g/mol. The summed E-state index contributed by atoms with van der Waals surface area (Å²) in [6.45, 7) is 1.55. The molecule has 0 aromatic rings. The highest BCUT2D eigenvalue weighted by molar-refractivity contribution is 5.72. The first kappa shape index (κ1) is 11.8. The number of halogens is 2. The minimum Gasteiger partial charge on any atom is -0.388 e. The van der Waals surface area contributed by atoms with Crippen molar-refractivity contribution >= 4 is 5.91 Å². The smallest absolute Gasteiger partial charge is 0.254 e. The number of amides is 1. The molecule has 16 heavy (non-hydrogen) atoms. The van der Waals surface area contributed by atoms with Gasteiger partial charge in [0, 0.05) is 25.3 Å². The molecule has 0 atom stereocenters. The van der Waals surface area contributed by atoms with Crippen LogP contribution in [0.25, 0.3) is 0 Å². The summed E-state index contributed by atoms with van der Waals surface area (Å²) >= 11 is 0. The Balaban J connectivity index is 1.87. The van der Waals surface area contributed by atoms with E-state index in [2.05, 4.69) is 5.32 Å². The van der Waals surface area contributed by atoms with Gasteiger partial charge in [-0.2, -0.15) is 0 Å². The Morgan fingerprint density at radius 3 is 2.19 bits per heavy atom. The normalized spacial score (nSPS) is 40.8. The predicted octanol–water partition coefficient (Wildman–Crippen LogP) is 1.45. The largest absolute Gasteiger partial charge is 0.388 e. The van der Waals surface area contributed by atoms with Crippen molar-refractivity contribution in [2.75, 3.05) is 6.54 Å². The van der Waals surface area contributed by atoms with Gasteiger partial charge >= 0.3 is 0 Å². The van der Waals surface area contributed by atoms with Gasteiger partial charge in [-0.15, -0.1) is 0 Å². The summed E-state index contributed by atoms with van der Waals surface area (Å²) in [7, 11) is 0. The second kappa shape index (κ2) is 3.39. The molecule has 0 unspecified atom stereocenters. The highest BCUT2D eigenvalue weighted by Crippen LogP contribution is 2.68. The minimum absolute atomic E-state index is 0.0315. The van der Waals surface area contributed by atoms with Crippen LogP contribution < -0.4 is 5.32 Å². The van der Waals surface area contributed by atoms with E-state index in [4.69, 9.17) is 0 Å². The van der Waals surface area contributed by atoms with E-state index >= 15 is 0 Å². The number of carbonyl (C=O) groups is 1. The molecule has 1 spiro atoms. The Hall–Kier alpha value is -0.710. The van der Waals surface area contributed by atoms with Crippen LogP contribution in [-0.2, 0) is 4.79 Å². The molecule has 2 aliphatic carbocycles. The molecule has 0 heterocycles. The topological polar surface area (TPSA) is 49.3 Å². The fourth-order valence-corrected chi connectivity index (χ4v) is 2.58. The predicted molar refractivity (Wildman–Crippen MR) is 54.1 cm³/mol. The van der Waals surface area contributed by atoms with Gasteiger partial charge in [0.05, 0.1) is 5.60 Å². The van der Waals surface area contributed by atoms with Crippen LogP contribution in [0.5, 0.6) is 0 Å². The SMILES string of the molecule is CC(=O)NCC1(O)CCC2(CC1)CC2(F)F. The molecule has 2 aliphatic rings. The van der Waals surface area contributed by atoms with Crippen molar-refractivity contribution in [1.29, 1.82) is 0 Å². The third kappa shape index (κ3) is 1.93. The van der Waals surface area contributed by atoms with Crippen LogP contribution in [-0.4, -0.2) is 29.1 Å². The summed E-state index contributed by atoms with van der Waals surface area (Å²) < 4.78 is 26.2. The van der Waals surface area contributed by atoms with E-state index in [0.717, 1.165) is 0 Å². The molecule has 5 heteroatoms. The Labute approximate surface area is 93.2 Å². The molecular weight excluding hydrogens is 216 g/mol. The first-order valence-corrected chi connectivity index (χ1v) is 5.63. The van der Waals surface area contributed by atoms with E-state index in [-0.39, 0.29) is 18.9 Å². The maximum absolute atomic E-state index is 13.1. The molecule has 0 radical (unpaired) electrons. The van der Waals surface area contributed by atoms with Crippen LogP contribution in [0.2, 0.25) is 0 Å². The maximum atomic E-state index is 13.1. The quantitative estimate of drug-likeness (QED) is 0.758. The van der Waals surface area contributed by atoms with Crippen LogP contribution in [0.1, 0.15) is 39.0 Å². The average Bonchev–Trinajstić information content (AvgIpc) is 2.72. The van der Waals surface area contributed by atoms with Crippen LogP contribution >= 0.6 is 0 Å². The van der Waals surface area contributed by atoms with Crippen LogP contribution in [0.3, 0.4) is 0 Å². The van der Waals surface area contributed by atoms with E-state index < -0.39 is 16.9 Å². The van der Waals surface area contributed by atoms with Gasteiger partial charge in [0.2, 0.25) is 5.91 Å². The molecular formula is C11H17F2NO2. The number of hydrogen-bond donors (Lipinski definition) is 2. The summed E-state index contributed by atoms with van der Waals surface area (Å²) in [5.41, 5.74) is -1.83. The molecule has 1 amide bonds. The number of nitrogens with one attached hydrogen (secondary N) is 1. The van der Waals surface area contributed by atoms with Crippen molar-refractivity contribution in [2.45, 2.75) is 50.6 Å². The second-order valence-electron chi connectivity index (χ2n) is 5.30. The standard InChI is InChI=1S/C11H17F2NO2/c1-8(15)14-7-10(16)4-2-9(3-5-10)6-11(9,12)13/h16H,2-7H2,1H3,(H,14,15). The fraction of sp³-hybridized carbons (Fsp3) is 0.909. The van der Waals surface area contributed by atoms with Crippen LogP contribution in [0, 0.1) is 5.41 Å². The molecule has 0 aromatic heterocycles. The van der Waals surface area contributed by atoms with Gasteiger partial charge in [-0.05, 0) is 25.7 Å². The van der Waals surface area contributed by atoms with Crippen LogP contribution in [0.15, 0.2) is 0 Å². The highest BCUT2D eigenvalue weighted by Gasteiger charge is 2.71. The molecule has 2 fully saturated rings. The van der Waals surface area contributed by atoms with Gasteiger partial charge in [0.25, 0.3) is 5.92 Å². The lowest BCUT2D eigenvalue weighted by atomic mass is 9.76. The zero-order chi connectivity index (χ0) is 12.0. The number of carbonyl (C=O) groups excluding carboxylic acids is 1. The van der Waals surface area contributed by atoms with Crippen molar-refractivity contribution in [2.24, 2.45) is 5.41 Å². The Bertz CT molecular complexity index is 309. The van der Waals surface area contributed by atoms with E-state index in [1.165, 1.54) is 6.92 Å². The van der Waals surface area contributed by atoms with E-state index in [9.17, 15) is 18.7 Å². The zero-order valence-electron chi connectivity index (χ0n) is 9.35. The third-order valence-electron chi connectivity index (χ3n) is 4.02. The van der Waals surface area contributed by atoms with E-state index in [1.807, 2.05) is 0 Å². The van der Waals surface area contributed by atoms with E-state index in [1.54, 1.807) is 0 Å². The number of rotatable bonds is 2. The molecule has 0 aromatic carbocycles. The average molecular weight is 233 g/mol. The molecule has 0 saturated heterocycles. The van der Waals surface area contributed by atoms with Crippen molar-refractivity contribution in [3.05, 3.63) is 0 Å². The minimum atomic E-state index is -2.53. The number of alkyl halides is 2. The summed E-state index contributed by atoms with van der Waals surface area (Å²) in [6, 6.07) is 0. The Morgan fingerprint density at radius 1 is 1.31 bits per heavy atom. The molecule has 2 rings (SSSR count). The van der Waals surface area contributed by atoms with Gasteiger partial charge in [-0.3, -0.25) is 4.79 Å². The Morgan fingerprint density at radius 2 is 1.81 bits per heavy atom. The summed E-state index contributed by atoms with van der Waals surface area (Å²) in [5, 5.41) is 12.6. The lowest BCUT2D eigenvalue weighted by Gasteiger charge is -2.36. The lowest BCUT2D eigenvalue weighted by molar-refractivity contribution is -0.121. The second-order valence-corrected chi connectivity index (χ2v) is 5.30. The first-order chi connectivity index (χ1) is 7.29. The maximum Gasteiger partial charge on any atom is 0.254 e. The van der Waals surface area contributed by atoms with Gasteiger partial charge < -0.3 is 10.4 Å². The molecule has 0 aliphatic heterocycles. The van der Waals surface area contributed by atoms with E-state index in [0.29, 0.717) is 25.7 Å². The van der Waals surface area contributed by atoms with Crippen molar-refractivity contribution < 1.29 is 18.7 Å². The summed E-state index contributed by atoms with van der Waals surface area (Å²) in [4.78, 5) is 10.7. The number of hydrogen-bond acceptors (Lipinski definition) is 2. The molecule has 0 bridgehead atoms. The summed E-state index contributed by atoms with van der Waals surface area (Å²) in [6.07, 6.45) is 1.38. The van der Waals surface area contributed by atoms with Crippen LogP contribution in [0.4, 0.5) is 8.78 Å². The number of aliphatic hydroxyl groups is 1. The van der Waals surface area contributed by atoms with Gasteiger partial charge in [-0.1, -0.05) is 0 Å². The fourth-order valence-electron chi connectivity index (χ4n) is 2.58. The van der Waals surface area contributed by atoms with Gasteiger partial charge in [0.1, 0.15) is 0 Å². The van der Waals surface area contributed by atoms with Crippen molar-refractivity contribution in [3.63, 3.8) is 0 Å². The molecule has 2 saturated carbocycles.